The molecule has 1 aromatic carbocycles. The van der Waals surface area contributed by atoms with E-state index >= 15 is 0 Å². The van der Waals surface area contributed by atoms with E-state index in [0.717, 1.165) is 12.1 Å². The monoisotopic (exact) mass is 471 g/mol. The van der Waals surface area contributed by atoms with Crippen LogP contribution in [0.1, 0.15) is 12.0 Å². The Morgan fingerprint density at radius 1 is 1.00 bits per heavy atom. The summed E-state index contributed by atoms with van der Waals surface area (Å²) in [4.78, 5) is 24.8. The zero-order valence-electron chi connectivity index (χ0n) is 18.2. The van der Waals surface area contributed by atoms with E-state index in [1.54, 1.807) is 0 Å². The van der Waals surface area contributed by atoms with E-state index in [2.05, 4.69) is 15.3 Å². The Balaban J connectivity index is 1.99. The smallest absolute Gasteiger partial charge is 0.276 e. The highest BCUT2D eigenvalue weighted by Crippen LogP contribution is 2.32. The summed E-state index contributed by atoms with van der Waals surface area (Å²) in [5.74, 6) is -1.32. The molecule has 0 aliphatic rings. The standard InChI is InChI=1S/C19H29N5O9/c20-23-22-4-6-31-8-10-33-12-11-32-9-7-30-5-2-19(27)21-3-1-15-13-17(25)18(26)14-16(15)24(28)29/h13-14,25-26H,1-12H2,(H,21,27). The largest absolute Gasteiger partial charge is 0.504 e. The number of rotatable bonds is 19. The van der Waals surface area contributed by atoms with E-state index in [-0.39, 0.29) is 49.7 Å². The van der Waals surface area contributed by atoms with Gasteiger partial charge in [-0.2, -0.15) is 0 Å². The van der Waals surface area contributed by atoms with Gasteiger partial charge >= 0.3 is 0 Å². The number of amides is 1. The second kappa shape index (κ2) is 17.4. The molecule has 0 aliphatic carbocycles. The average molecular weight is 471 g/mol. The molecule has 0 spiro atoms. The average Bonchev–Trinajstić information content (AvgIpc) is 2.78. The normalized spacial score (nSPS) is 10.5. The Labute approximate surface area is 190 Å². The quantitative estimate of drug-likeness (QED) is 0.0508. The molecule has 1 rings (SSSR count). The number of azide groups is 1. The first-order chi connectivity index (χ1) is 16.0. The second-order valence-electron chi connectivity index (χ2n) is 6.48. The van der Waals surface area contributed by atoms with Gasteiger partial charge < -0.3 is 34.5 Å². The van der Waals surface area contributed by atoms with E-state index in [1.165, 1.54) is 0 Å². The molecule has 0 heterocycles. The number of nitro benzene ring substituents is 1. The number of carbonyl (C=O) groups is 1. The third kappa shape index (κ3) is 13.1. The van der Waals surface area contributed by atoms with Crippen LogP contribution in [0.15, 0.2) is 17.2 Å². The lowest BCUT2D eigenvalue weighted by Crippen LogP contribution is -2.27. The van der Waals surface area contributed by atoms with E-state index in [9.17, 15) is 25.1 Å². The van der Waals surface area contributed by atoms with E-state index in [0.29, 0.717) is 46.2 Å². The Morgan fingerprint density at radius 2 is 1.55 bits per heavy atom. The van der Waals surface area contributed by atoms with Gasteiger partial charge in [-0.15, -0.1) is 0 Å². The van der Waals surface area contributed by atoms with Crippen LogP contribution in [0, 0.1) is 10.1 Å². The van der Waals surface area contributed by atoms with Gasteiger partial charge in [0.05, 0.1) is 63.8 Å². The van der Waals surface area contributed by atoms with Crippen LogP contribution in [0.25, 0.3) is 10.4 Å². The molecule has 33 heavy (non-hydrogen) atoms. The number of aromatic hydroxyl groups is 2. The maximum absolute atomic E-state index is 11.8. The summed E-state index contributed by atoms with van der Waals surface area (Å²) in [5, 5.41) is 35.9. The summed E-state index contributed by atoms with van der Waals surface area (Å²) in [6.45, 7) is 3.23. The third-order valence-corrected chi connectivity index (χ3v) is 4.08. The molecule has 0 radical (unpaired) electrons. The SMILES string of the molecule is [N-]=[N+]=NCCOCCOCCOCCOCCC(=O)NCCc1cc(O)c(O)cc1[N+](=O)[O-]. The summed E-state index contributed by atoms with van der Waals surface area (Å²) in [5.41, 5.74) is 7.96. The van der Waals surface area contributed by atoms with E-state index < -0.39 is 16.4 Å². The number of nitro groups is 1. The van der Waals surface area contributed by atoms with Crippen molar-refractivity contribution in [2.45, 2.75) is 12.8 Å². The van der Waals surface area contributed by atoms with Crippen molar-refractivity contribution in [1.29, 1.82) is 0 Å². The number of hydrogen-bond donors (Lipinski definition) is 3. The van der Waals surface area contributed by atoms with Crippen LogP contribution in [-0.2, 0) is 30.2 Å². The van der Waals surface area contributed by atoms with Crippen molar-refractivity contribution < 1.29 is 38.9 Å². The lowest BCUT2D eigenvalue weighted by atomic mass is 10.1. The fourth-order valence-corrected chi connectivity index (χ4v) is 2.48. The molecular weight excluding hydrogens is 442 g/mol. The zero-order valence-corrected chi connectivity index (χ0v) is 18.2. The minimum atomic E-state index is -0.663. The predicted molar refractivity (Wildman–Crippen MR) is 115 cm³/mol. The Kier molecular flexibility index (Phi) is 14.7. The number of ether oxygens (including phenoxy) is 4. The number of nitrogens with zero attached hydrogens (tertiary/aromatic N) is 4. The van der Waals surface area contributed by atoms with Gasteiger partial charge in [0.2, 0.25) is 5.91 Å². The number of nitrogens with one attached hydrogen (secondary N) is 1. The maximum Gasteiger partial charge on any atom is 0.276 e. The summed E-state index contributed by atoms with van der Waals surface area (Å²) >= 11 is 0. The van der Waals surface area contributed by atoms with Crippen molar-refractivity contribution in [3.05, 3.63) is 38.3 Å². The van der Waals surface area contributed by atoms with Gasteiger partial charge in [0, 0.05) is 30.0 Å². The first kappa shape index (κ1) is 27.9. The van der Waals surface area contributed by atoms with Gasteiger partial charge in [0.1, 0.15) is 0 Å². The van der Waals surface area contributed by atoms with Crippen LogP contribution >= 0.6 is 0 Å². The number of benzene rings is 1. The number of phenols is 2. The molecule has 1 aromatic rings. The van der Waals surface area contributed by atoms with Gasteiger partial charge in [-0.1, -0.05) is 5.11 Å². The summed E-state index contributed by atoms with van der Waals surface area (Å²) in [6, 6.07) is 1.98. The lowest BCUT2D eigenvalue weighted by Gasteiger charge is -2.08. The molecule has 184 valence electrons. The van der Waals surface area contributed by atoms with Crippen LogP contribution in [0.3, 0.4) is 0 Å². The lowest BCUT2D eigenvalue weighted by molar-refractivity contribution is -0.385. The molecule has 0 atom stereocenters. The summed E-state index contributed by atoms with van der Waals surface area (Å²) in [7, 11) is 0. The number of hydrogen-bond acceptors (Lipinski definition) is 10. The molecule has 1 amide bonds. The summed E-state index contributed by atoms with van der Waals surface area (Å²) < 4.78 is 21.1. The van der Waals surface area contributed by atoms with Gasteiger partial charge in [-0.05, 0) is 18.0 Å². The molecule has 0 saturated carbocycles. The van der Waals surface area contributed by atoms with E-state index in [4.69, 9.17) is 24.5 Å². The minimum Gasteiger partial charge on any atom is -0.504 e. The van der Waals surface area contributed by atoms with Crippen molar-refractivity contribution in [3.63, 3.8) is 0 Å². The van der Waals surface area contributed by atoms with Crippen molar-refractivity contribution in [2.75, 3.05) is 65.9 Å². The zero-order chi connectivity index (χ0) is 24.3. The van der Waals surface area contributed by atoms with Gasteiger partial charge in [-0.3, -0.25) is 14.9 Å². The van der Waals surface area contributed by atoms with Crippen molar-refractivity contribution in [1.82, 2.24) is 5.32 Å². The van der Waals surface area contributed by atoms with Crippen molar-refractivity contribution in [3.8, 4) is 11.5 Å². The van der Waals surface area contributed by atoms with Crippen molar-refractivity contribution >= 4 is 11.6 Å². The van der Waals surface area contributed by atoms with Crippen LogP contribution in [0.2, 0.25) is 0 Å². The molecule has 0 bridgehead atoms. The molecule has 0 aromatic heterocycles. The molecule has 0 saturated heterocycles. The topological polar surface area (TPSA) is 198 Å². The first-order valence-corrected chi connectivity index (χ1v) is 10.2. The first-order valence-electron chi connectivity index (χ1n) is 10.2. The predicted octanol–water partition coefficient (Wildman–Crippen LogP) is 1.43. The highest BCUT2D eigenvalue weighted by atomic mass is 16.6. The second-order valence-corrected chi connectivity index (χ2v) is 6.48. The molecule has 14 nitrogen and oxygen atoms in total. The molecule has 3 N–H and O–H groups in total. The fraction of sp³-hybridized carbons (Fsp3) is 0.632. The summed E-state index contributed by atoms with van der Waals surface area (Å²) in [6.07, 6.45) is 0.236. The molecule has 14 heteroatoms. The Bertz CT molecular complexity index is 787. The van der Waals surface area contributed by atoms with Gasteiger partial charge in [0.25, 0.3) is 5.69 Å². The van der Waals surface area contributed by atoms with Crippen LogP contribution in [0.5, 0.6) is 11.5 Å². The number of carbonyl (C=O) groups excluding carboxylic acids is 1. The van der Waals surface area contributed by atoms with Crippen LogP contribution in [0.4, 0.5) is 5.69 Å². The van der Waals surface area contributed by atoms with Crippen LogP contribution < -0.4 is 5.32 Å². The highest BCUT2D eigenvalue weighted by Gasteiger charge is 2.17. The third-order valence-electron chi connectivity index (χ3n) is 4.08. The fourth-order valence-electron chi connectivity index (χ4n) is 2.48. The highest BCUT2D eigenvalue weighted by molar-refractivity contribution is 5.76. The number of phenolic OH excluding ortho intramolecular Hbond substituents is 2. The van der Waals surface area contributed by atoms with Gasteiger partial charge in [0.15, 0.2) is 11.5 Å². The van der Waals surface area contributed by atoms with Gasteiger partial charge in [-0.25, -0.2) is 0 Å². The minimum absolute atomic E-state index is 0.117. The molecular formula is C19H29N5O9. The van der Waals surface area contributed by atoms with Crippen LogP contribution in [-0.4, -0.2) is 87.0 Å². The van der Waals surface area contributed by atoms with Crippen molar-refractivity contribution in [2.24, 2.45) is 5.11 Å². The van der Waals surface area contributed by atoms with E-state index in [1.807, 2.05) is 0 Å². The maximum atomic E-state index is 11.8. The Hall–Kier alpha value is -3.16. The molecule has 0 aliphatic heterocycles. The Morgan fingerprint density at radius 3 is 2.12 bits per heavy atom. The molecule has 0 unspecified atom stereocenters. The molecule has 0 fully saturated rings.